The molecule has 13 heavy (non-hydrogen) atoms. The van der Waals surface area contributed by atoms with Crippen LogP contribution in [0.1, 0.15) is 40.0 Å². The first-order valence-electron chi connectivity index (χ1n) is 5.52. The largest absolute Gasteiger partial charge is 0.395 e. The summed E-state index contributed by atoms with van der Waals surface area (Å²) < 4.78 is 0. The third kappa shape index (κ3) is 2.96. The van der Waals surface area contributed by atoms with Gasteiger partial charge in [-0.1, -0.05) is 27.2 Å². The summed E-state index contributed by atoms with van der Waals surface area (Å²) in [7, 11) is 0. The summed E-state index contributed by atoms with van der Waals surface area (Å²) in [4.78, 5) is 0. The number of hydrogen-bond acceptors (Lipinski definition) is 2. The summed E-state index contributed by atoms with van der Waals surface area (Å²) in [5.74, 6) is 1.31. The van der Waals surface area contributed by atoms with Crippen LogP contribution in [-0.4, -0.2) is 23.8 Å². The van der Waals surface area contributed by atoms with Crippen LogP contribution < -0.4 is 5.32 Å². The topological polar surface area (TPSA) is 32.3 Å². The molecule has 1 saturated carbocycles. The fourth-order valence-electron chi connectivity index (χ4n) is 2.12. The van der Waals surface area contributed by atoms with Crippen molar-refractivity contribution in [1.29, 1.82) is 0 Å². The van der Waals surface area contributed by atoms with E-state index in [1.807, 2.05) is 0 Å². The highest BCUT2D eigenvalue weighted by atomic mass is 16.3. The molecule has 0 aliphatic heterocycles. The van der Waals surface area contributed by atoms with Gasteiger partial charge in [0, 0.05) is 12.1 Å². The quantitative estimate of drug-likeness (QED) is 0.700. The fraction of sp³-hybridized carbons (Fsp3) is 1.00. The highest BCUT2D eigenvalue weighted by Crippen LogP contribution is 2.25. The van der Waals surface area contributed by atoms with E-state index in [1.165, 1.54) is 19.3 Å². The van der Waals surface area contributed by atoms with Gasteiger partial charge in [0.15, 0.2) is 0 Å². The Balaban J connectivity index is 2.36. The molecule has 0 bridgehead atoms. The molecule has 0 spiro atoms. The molecule has 3 atom stereocenters. The van der Waals surface area contributed by atoms with Crippen LogP contribution in [0.15, 0.2) is 0 Å². The van der Waals surface area contributed by atoms with Crippen molar-refractivity contribution in [1.82, 2.24) is 5.32 Å². The molecule has 1 aliphatic carbocycles. The van der Waals surface area contributed by atoms with Crippen LogP contribution in [0.5, 0.6) is 0 Å². The third-order valence-corrected chi connectivity index (χ3v) is 3.29. The zero-order valence-electron chi connectivity index (χ0n) is 9.09. The van der Waals surface area contributed by atoms with Gasteiger partial charge in [0.25, 0.3) is 0 Å². The molecule has 0 aromatic rings. The maximum atomic E-state index is 9.18. The van der Waals surface area contributed by atoms with E-state index in [9.17, 15) is 5.11 Å². The first-order valence-corrected chi connectivity index (χ1v) is 5.52. The van der Waals surface area contributed by atoms with Crippen LogP contribution in [0.4, 0.5) is 0 Å². The number of hydrogen-bond donors (Lipinski definition) is 2. The molecule has 2 N–H and O–H groups in total. The smallest absolute Gasteiger partial charge is 0.0587 e. The summed E-state index contributed by atoms with van der Waals surface area (Å²) in [6.45, 7) is 6.89. The standard InChI is InChI=1S/C11H23NO/c1-8(2)11(7-13)12-10-6-4-5-9(10)3/h8-13H,4-7H2,1-3H3/t9?,10?,11-/m1/s1. The van der Waals surface area contributed by atoms with Gasteiger partial charge in [-0.2, -0.15) is 0 Å². The molecule has 0 amide bonds. The molecular weight excluding hydrogens is 162 g/mol. The summed E-state index contributed by atoms with van der Waals surface area (Å²) >= 11 is 0. The maximum Gasteiger partial charge on any atom is 0.0587 e. The Kier molecular flexibility index (Phi) is 4.20. The van der Waals surface area contributed by atoms with Crippen molar-refractivity contribution >= 4 is 0 Å². The van der Waals surface area contributed by atoms with E-state index in [1.54, 1.807) is 0 Å². The first kappa shape index (κ1) is 11.0. The molecule has 2 unspecified atom stereocenters. The van der Waals surface area contributed by atoms with Crippen molar-refractivity contribution in [3.05, 3.63) is 0 Å². The molecule has 0 aromatic heterocycles. The van der Waals surface area contributed by atoms with E-state index >= 15 is 0 Å². The number of aliphatic hydroxyl groups excluding tert-OH is 1. The zero-order valence-corrected chi connectivity index (χ0v) is 9.09. The summed E-state index contributed by atoms with van der Waals surface area (Å²) in [5.41, 5.74) is 0. The Labute approximate surface area is 81.7 Å². The molecule has 2 nitrogen and oxygen atoms in total. The third-order valence-electron chi connectivity index (χ3n) is 3.29. The highest BCUT2D eigenvalue weighted by Gasteiger charge is 2.26. The molecule has 1 aliphatic rings. The second-order valence-corrected chi connectivity index (χ2v) is 4.71. The van der Waals surface area contributed by atoms with E-state index < -0.39 is 0 Å². The van der Waals surface area contributed by atoms with Gasteiger partial charge in [-0.15, -0.1) is 0 Å². The molecule has 0 radical (unpaired) electrons. The van der Waals surface area contributed by atoms with Gasteiger partial charge >= 0.3 is 0 Å². The van der Waals surface area contributed by atoms with E-state index in [-0.39, 0.29) is 12.6 Å². The van der Waals surface area contributed by atoms with Gasteiger partial charge in [0.2, 0.25) is 0 Å². The molecule has 1 rings (SSSR count). The Morgan fingerprint density at radius 3 is 2.46 bits per heavy atom. The van der Waals surface area contributed by atoms with Crippen LogP contribution >= 0.6 is 0 Å². The number of aliphatic hydroxyl groups is 1. The lowest BCUT2D eigenvalue weighted by Crippen LogP contribution is -2.44. The Morgan fingerprint density at radius 2 is 2.08 bits per heavy atom. The van der Waals surface area contributed by atoms with Crippen molar-refractivity contribution in [2.45, 2.75) is 52.1 Å². The second-order valence-electron chi connectivity index (χ2n) is 4.71. The van der Waals surface area contributed by atoms with E-state index in [2.05, 4.69) is 26.1 Å². The predicted octanol–water partition coefficient (Wildman–Crippen LogP) is 1.78. The van der Waals surface area contributed by atoms with Gasteiger partial charge in [0.05, 0.1) is 6.61 Å². The number of rotatable bonds is 4. The van der Waals surface area contributed by atoms with Crippen LogP contribution in [-0.2, 0) is 0 Å². The van der Waals surface area contributed by atoms with E-state index in [4.69, 9.17) is 0 Å². The van der Waals surface area contributed by atoms with Gasteiger partial charge < -0.3 is 10.4 Å². The molecule has 2 heteroatoms. The Hall–Kier alpha value is -0.0800. The van der Waals surface area contributed by atoms with Crippen LogP contribution in [0.25, 0.3) is 0 Å². The van der Waals surface area contributed by atoms with Crippen molar-refractivity contribution in [3.63, 3.8) is 0 Å². The van der Waals surface area contributed by atoms with Gasteiger partial charge in [-0.05, 0) is 24.7 Å². The van der Waals surface area contributed by atoms with Gasteiger partial charge in [-0.3, -0.25) is 0 Å². The lowest BCUT2D eigenvalue weighted by molar-refractivity contribution is 0.191. The van der Waals surface area contributed by atoms with E-state index in [0.717, 1.165) is 5.92 Å². The lowest BCUT2D eigenvalue weighted by Gasteiger charge is -2.26. The summed E-state index contributed by atoms with van der Waals surface area (Å²) in [5, 5.41) is 12.7. The normalized spacial score (nSPS) is 31.2. The maximum absolute atomic E-state index is 9.18. The van der Waals surface area contributed by atoms with Crippen molar-refractivity contribution in [2.24, 2.45) is 11.8 Å². The summed E-state index contributed by atoms with van der Waals surface area (Å²) in [6, 6.07) is 0.921. The monoisotopic (exact) mass is 185 g/mol. The van der Waals surface area contributed by atoms with Crippen LogP contribution in [0.3, 0.4) is 0 Å². The molecule has 0 saturated heterocycles. The van der Waals surface area contributed by atoms with Crippen molar-refractivity contribution < 1.29 is 5.11 Å². The minimum absolute atomic E-state index is 0.265. The van der Waals surface area contributed by atoms with Crippen LogP contribution in [0, 0.1) is 11.8 Å². The number of nitrogens with one attached hydrogen (secondary N) is 1. The minimum atomic E-state index is 0.265. The molecule has 1 fully saturated rings. The van der Waals surface area contributed by atoms with E-state index in [0.29, 0.717) is 12.0 Å². The second kappa shape index (κ2) is 4.97. The first-order chi connectivity index (χ1) is 6.15. The summed E-state index contributed by atoms with van der Waals surface area (Å²) in [6.07, 6.45) is 3.97. The molecule has 0 heterocycles. The Morgan fingerprint density at radius 1 is 1.38 bits per heavy atom. The zero-order chi connectivity index (χ0) is 9.84. The predicted molar refractivity (Wildman–Crippen MR) is 55.7 cm³/mol. The van der Waals surface area contributed by atoms with Crippen molar-refractivity contribution in [2.75, 3.05) is 6.61 Å². The molecule has 0 aromatic carbocycles. The lowest BCUT2D eigenvalue weighted by atomic mass is 10.0. The molecular formula is C11H23NO. The van der Waals surface area contributed by atoms with Gasteiger partial charge in [0.1, 0.15) is 0 Å². The average molecular weight is 185 g/mol. The Bertz CT molecular complexity index is 147. The molecule has 78 valence electrons. The van der Waals surface area contributed by atoms with Crippen molar-refractivity contribution in [3.8, 4) is 0 Å². The average Bonchev–Trinajstić information content (AvgIpc) is 2.46. The highest BCUT2D eigenvalue weighted by molar-refractivity contribution is 4.84. The van der Waals surface area contributed by atoms with Gasteiger partial charge in [-0.25, -0.2) is 0 Å². The fourth-order valence-corrected chi connectivity index (χ4v) is 2.12. The SMILES string of the molecule is CC1CCCC1N[C@H](CO)C(C)C. The minimum Gasteiger partial charge on any atom is -0.395 e. The van der Waals surface area contributed by atoms with Crippen LogP contribution in [0.2, 0.25) is 0 Å².